The summed E-state index contributed by atoms with van der Waals surface area (Å²) >= 11 is 1.51. The molecule has 0 amide bonds. The molecule has 2 aromatic rings. The number of thioether (sulfide) groups is 1. The molecule has 0 heterocycles. The molecule has 1 nitrogen and oxygen atoms in total. The van der Waals surface area contributed by atoms with Crippen molar-refractivity contribution in [3.05, 3.63) is 65.2 Å². The van der Waals surface area contributed by atoms with E-state index in [-0.39, 0.29) is 12.0 Å². The summed E-state index contributed by atoms with van der Waals surface area (Å²) in [7, 11) is 0. The summed E-state index contributed by atoms with van der Waals surface area (Å²) in [5, 5.41) is 10.2. The summed E-state index contributed by atoms with van der Waals surface area (Å²) in [4.78, 5) is 0.937. The summed E-state index contributed by atoms with van der Waals surface area (Å²) < 4.78 is 26.6. The van der Waals surface area contributed by atoms with Crippen LogP contribution in [0.15, 0.2) is 47.4 Å². The molecule has 2 rings (SSSR count). The van der Waals surface area contributed by atoms with Gasteiger partial charge < -0.3 is 5.11 Å². The fourth-order valence-corrected chi connectivity index (χ4v) is 2.61. The van der Waals surface area contributed by atoms with Crippen LogP contribution in [0, 0.1) is 11.6 Å². The van der Waals surface area contributed by atoms with Crippen molar-refractivity contribution in [1.29, 1.82) is 0 Å². The number of hydrogen-bond acceptors (Lipinski definition) is 2. The minimum Gasteiger partial charge on any atom is -0.388 e. The van der Waals surface area contributed by atoms with Crippen molar-refractivity contribution in [3.8, 4) is 0 Å². The Hall–Kier alpha value is -1.39. The van der Waals surface area contributed by atoms with E-state index in [2.05, 4.69) is 0 Å². The Morgan fingerprint density at radius 3 is 2.63 bits per heavy atom. The minimum atomic E-state index is -0.847. The fraction of sp³-hybridized carbons (Fsp3) is 0.200. The van der Waals surface area contributed by atoms with Gasteiger partial charge in [-0.1, -0.05) is 18.2 Å². The van der Waals surface area contributed by atoms with E-state index in [9.17, 15) is 13.9 Å². The molecule has 0 saturated carbocycles. The van der Waals surface area contributed by atoms with E-state index < -0.39 is 17.7 Å². The summed E-state index contributed by atoms with van der Waals surface area (Å²) in [5.74, 6) is -0.996. The van der Waals surface area contributed by atoms with Gasteiger partial charge in [0.15, 0.2) is 0 Å². The molecule has 0 bridgehead atoms. The molecule has 1 N–H and O–H groups in total. The average Bonchev–Trinajstić information content (AvgIpc) is 2.42. The van der Waals surface area contributed by atoms with Gasteiger partial charge in [0.1, 0.15) is 11.6 Å². The molecule has 2 aromatic carbocycles. The Morgan fingerprint density at radius 1 is 1.16 bits per heavy atom. The van der Waals surface area contributed by atoms with E-state index in [1.54, 1.807) is 6.07 Å². The van der Waals surface area contributed by atoms with E-state index in [1.807, 2.05) is 24.5 Å². The van der Waals surface area contributed by atoms with Crippen molar-refractivity contribution in [1.82, 2.24) is 0 Å². The van der Waals surface area contributed by atoms with E-state index in [0.29, 0.717) is 0 Å². The van der Waals surface area contributed by atoms with Crippen LogP contribution in [0.4, 0.5) is 8.78 Å². The lowest BCUT2D eigenvalue weighted by Gasteiger charge is -2.15. The maximum Gasteiger partial charge on any atom is 0.126 e. The Balaban J connectivity index is 2.25. The molecule has 0 aliphatic heterocycles. The average molecular weight is 280 g/mol. The highest BCUT2D eigenvalue weighted by atomic mass is 32.2. The second-order valence-electron chi connectivity index (χ2n) is 4.20. The quantitative estimate of drug-likeness (QED) is 0.855. The predicted molar refractivity (Wildman–Crippen MR) is 73.2 cm³/mol. The van der Waals surface area contributed by atoms with E-state index >= 15 is 0 Å². The van der Waals surface area contributed by atoms with Gasteiger partial charge in [-0.05, 0) is 41.6 Å². The minimum absolute atomic E-state index is 0.0567. The molecule has 0 aromatic heterocycles. The molecule has 0 fully saturated rings. The zero-order valence-corrected chi connectivity index (χ0v) is 11.3. The Labute approximate surface area is 115 Å². The molecule has 0 aliphatic carbocycles. The van der Waals surface area contributed by atoms with Crippen LogP contribution in [0.1, 0.15) is 17.2 Å². The third kappa shape index (κ3) is 3.33. The highest BCUT2D eigenvalue weighted by Crippen LogP contribution is 2.28. The first-order valence-electron chi connectivity index (χ1n) is 5.86. The zero-order chi connectivity index (χ0) is 13.8. The van der Waals surface area contributed by atoms with Gasteiger partial charge in [0.05, 0.1) is 6.10 Å². The Morgan fingerprint density at radius 2 is 1.89 bits per heavy atom. The molecular formula is C15H14F2OS. The van der Waals surface area contributed by atoms with Crippen molar-refractivity contribution in [3.63, 3.8) is 0 Å². The second-order valence-corrected chi connectivity index (χ2v) is 5.05. The van der Waals surface area contributed by atoms with Gasteiger partial charge in [0, 0.05) is 11.3 Å². The lowest BCUT2D eigenvalue weighted by atomic mass is 10.0. The van der Waals surface area contributed by atoms with Gasteiger partial charge in [0.25, 0.3) is 0 Å². The summed E-state index contributed by atoms with van der Waals surface area (Å²) in [6.07, 6.45) is 1.12. The zero-order valence-electron chi connectivity index (χ0n) is 10.4. The predicted octanol–water partition coefficient (Wildman–Crippen LogP) is 3.96. The Kier molecular flexibility index (Phi) is 4.56. The van der Waals surface area contributed by atoms with Gasteiger partial charge in [-0.3, -0.25) is 0 Å². The first kappa shape index (κ1) is 14.0. The van der Waals surface area contributed by atoms with Crippen LogP contribution >= 0.6 is 11.8 Å². The van der Waals surface area contributed by atoms with Crippen molar-refractivity contribution >= 4 is 11.8 Å². The van der Waals surface area contributed by atoms with Gasteiger partial charge >= 0.3 is 0 Å². The van der Waals surface area contributed by atoms with Crippen LogP contribution in [0.2, 0.25) is 0 Å². The molecule has 1 atom stereocenters. The van der Waals surface area contributed by atoms with E-state index in [4.69, 9.17) is 0 Å². The maximum absolute atomic E-state index is 13.5. The molecular weight excluding hydrogens is 266 g/mol. The first-order valence-corrected chi connectivity index (χ1v) is 7.09. The molecule has 0 saturated heterocycles. The standard InChI is InChI=1S/C15H14F2OS/c1-19-15-5-3-2-4-12(15)14(18)9-10-8-11(16)6-7-13(10)17/h2-8,14,18H,9H2,1H3. The third-order valence-corrected chi connectivity index (χ3v) is 3.73. The van der Waals surface area contributed by atoms with Crippen molar-refractivity contribution in [2.24, 2.45) is 0 Å². The van der Waals surface area contributed by atoms with Crippen molar-refractivity contribution < 1.29 is 13.9 Å². The molecule has 100 valence electrons. The van der Waals surface area contributed by atoms with Crippen molar-refractivity contribution in [2.45, 2.75) is 17.4 Å². The van der Waals surface area contributed by atoms with E-state index in [1.165, 1.54) is 11.8 Å². The summed E-state index contributed by atoms with van der Waals surface area (Å²) in [6.45, 7) is 0. The SMILES string of the molecule is CSc1ccccc1C(O)Cc1cc(F)ccc1F. The number of benzene rings is 2. The molecule has 1 unspecified atom stereocenters. The van der Waals surface area contributed by atoms with Gasteiger partial charge in [-0.25, -0.2) is 8.78 Å². The smallest absolute Gasteiger partial charge is 0.126 e. The van der Waals surface area contributed by atoms with Crippen LogP contribution in [0.5, 0.6) is 0 Å². The van der Waals surface area contributed by atoms with Crippen LogP contribution in [0.3, 0.4) is 0 Å². The number of halogens is 2. The first-order chi connectivity index (χ1) is 9.11. The lowest BCUT2D eigenvalue weighted by Crippen LogP contribution is -2.05. The van der Waals surface area contributed by atoms with Gasteiger partial charge in [-0.15, -0.1) is 11.8 Å². The Bertz CT molecular complexity index is 572. The highest BCUT2D eigenvalue weighted by Gasteiger charge is 2.15. The number of rotatable bonds is 4. The van der Waals surface area contributed by atoms with Crippen LogP contribution < -0.4 is 0 Å². The van der Waals surface area contributed by atoms with Crippen molar-refractivity contribution in [2.75, 3.05) is 6.26 Å². The van der Waals surface area contributed by atoms with Gasteiger partial charge in [-0.2, -0.15) is 0 Å². The highest BCUT2D eigenvalue weighted by molar-refractivity contribution is 7.98. The molecule has 4 heteroatoms. The van der Waals surface area contributed by atoms with Gasteiger partial charge in [0.2, 0.25) is 0 Å². The largest absolute Gasteiger partial charge is 0.388 e. The summed E-state index contributed by atoms with van der Waals surface area (Å²) in [5.41, 5.74) is 0.919. The lowest BCUT2D eigenvalue weighted by molar-refractivity contribution is 0.174. The maximum atomic E-state index is 13.5. The van der Waals surface area contributed by atoms with E-state index in [0.717, 1.165) is 28.7 Å². The number of aliphatic hydroxyl groups is 1. The number of hydrogen-bond donors (Lipinski definition) is 1. The third-order valence-electron chi connectivity index (χ3n) is 2.92. The fourth-order valence-electron chi connectivity index (χ4n) is 1.96. The van der Waals surface area contributed by atoms with Crippen LogP contribution in [-0.4, -0.2) is 11.4 Å². The molecule has 0 spiro atoms. The number of aliphatic hydroxyl groups excluding tert-OH is 1. The normalized spacial score (nSPS) is 12.4. The molecule has 0 radical (unpaired) electrons. The topological polar surface area (TPSA) is 20.2 Å². The van der Waals surface area contributed by atoms with Crippen LogP contribution in [-0.2, 0) is 6.42 Å². The second kappa shape index (κ2) is 6.17. The molecule has 19 heavy (non-hydrogen) atoms. The monoisotopic (exact) mass is 280 g/mol. The summed E-state index contributed by atoms with van der Waals surface area (Å²) in [6, 6.07) is 10.7. The van der Waals surface area contributed by atoms with Crippen LogP contribution in [0.25, 0.3) is 0 Å². The molecule has 0 aliphatic rings.